The smallest absolute Gasteiger partial charge is 0.317 e. The molecule has 0 radical (unpaired) electrons. The van der Waals surface area contributed by atoms with Crippen molar-refractivity contribution in [2.45, 2.75) is 26.2 Å². The molecule has 2 aliphatic heterocycles. The summed E-state index contributed by atoms with van der Waals surface area (Å²) in [7, 11) is 0. The van der Waals surface area contributed by atoms with E-state index in [4.69, 9.17) is 0 Å². The second-order valence-corrected chi connectivity index (χ2v) is 6.26. The van der Waals surface area contributed by atoms with Crippen molar-refractivity contribution in [3.63, 3.8) is 0 Å². The number of rotatable bonds is 2. The number of nitrogens with one attached hydrogen (secondary N) is 1. The van der Waals surface area contributed by atoms with Gasteiger partial charge in [0, 0.05) is 19.6 Å². The summed E-state index contributed by atoms with van der Waals surface area (Å²) in [6.45, 7) is 4.98. The zero-order valence-electron chi connectivity index (χ0n) is 10.1. The number of carbonyl (C=O) groups excluding carboxylic acids is 1. The van der Waals surface area contributed by atoms with Gasteiger partial charge in [-0.1, -0.05) is 6.92 Å². The average Bonchev–Trinajstić information content (AvgIpc) is 2.78. The summed E-state index contributed by atoms with van der Waals surface area (Å²) in [5, 5.41) is 3.09. The summed E-state index contributed by atoms with van der Waals surface area (Å²) < 4.78 is 0. The Labute approximate surface area is 102 Å². The monoisotopic (exact) mass is 242 g/mol. The molecule has 2 saturated heterocycles. The molecule has 0 aromatic rings. The maximum Gasteiger partial charge on any atom is 0.317 e. The highest BCUT2D eigenvalue weighted by molar-refractivity contribution is 7.99. The number of hydrogen-bond donors (Lipinski definition) is 1. The molecule has 2 rings (SSSR count). The molecule has 92 valence electrons. The minimum atomic E-state index is 0.156. The quantitative estimate of drug-likeness (QED) is 0.805. The van der Waals surface area contributed by atoms with Gasteiger partial charge < -0.3 is 10.2 Å². The number of piperidine rings is 1. The summed E-state index contributed by atoms with van der Waals surface area (Å²) >= 11 is 2.00. The molecule has 0 aromatic carbocycles. The van der Waals surface area contributed by atoms with E-state index in [1.807, 2.05) is 16.7 Å². The molecule has 0 aliphatic carbocycles. The Morgan fingerprint density at radius 3 is 3.06 bits per heavy atom. The molecule has 0 bridgehead atoms. The van der Waals surface area contributed by atoms with Crippen LogP contribution < -0.4 is 5.32 Å². The first-order chi connectivity index (χ1) is 7.75. The highest BCUT2D eigenvalue weighted by atomic mass is 32.2. The van der Waals surface area contributed by atoms with Gasteiger partial charge in [-0.05, 0) is 42.6 Å². The van der Waals surface area contributed by atoms with Crippen molar-refractivity contribution >= 4 is 17.8 Å². The maximum absolute atomic E-state index is 11.9. The summed E-state index contributed by atoms with van der Waals surface area (Å²) in [4.78, 5) is 13.9. The van der Waals surface area contributed by atoms with Gasteiger partial charge in [-0.2, -0.15) is 11.8 Å². The highest BCUT2D eigenvalue weighted by Gasteiger charge is 2.22. The van der Waals surface area contributed by atoms with Gasteiger partial charge in [0.15, 0.2) is 0 Å². The number of likely N-dealkylation sites (tertiary alicyclic amines) is 1. The Kier molecular flexibility index (Phi) is 4.38. The molecule has 16 heavy (non-hydrogen) atoms. The zero-order valence-corrected chi connectivity index (χ0v) is 10.9. The van der Waals surface area contributed by atoms with Crippen LogP contribution in [0.5, 0.6) is 0 Å². The number of hydrogen-bond acceptors (Lipinski definition) is 2. The van der Waals surface area contributed by atoms with E-state index in [9.17, 15) is 4.79 Å². The van der Waals surface area contributed by atoms with E-state index in [1.54, 1.807) is 0 Å². The SMILES string of the molecule is CC1CCCN(C(=O)NCC2CCSC2)C1. The largest absolute Gasteiger partial charge is 0.338 e. The van der Waals surface area contributed by atoms with Crippen LogP contribution in [0.3, 0.4) is 0 Å². The van der Waals surface area contributed by atoms with E-state index in [1.165, 1.54) is 24.3 Å². The lowest BCUT2D eigenvalue weighted by atomic mass is 10.0. The molecule has 2 unspecified atom stereocenters. The maximum atomic E-state index is 11.9. The van der Waals surface area contributed by atoms with Gasteiger partial charge in [-0.3, -0.25) is 0 Å². The minimum absolute atomic E-state index is 0.156. The first-order valence-electron chi connectivity index (χ1n) is 6.36. The Morgan fingerprint density at radius 1 is 1.50 bits per heavy atom. The van der Waals surface area contributed by atoms with E-state index < -0.39 is 0 Å². The van der Waals surface area contributed by atoms with Crippen LogP contribution in [0.1, 0.15) is 26.2 Å². The minimum Gasteiger partial charge on any atom is -0.338 e. The standard InChI is InChI=1S/C12H22N2OS/c1-10-3-2-5-14(8-10)12(15)13-7-11-4-6-16-9-11/h10-11H,2-9H2,1H3,(H,13,15). The third-order valence-electron chi connectivity index (χ3n) is 3.51. The van der Waals surface area contributed by atoms with Gasteiger partial charge in [0.2, 0.25) is 0 Å². The van der Waals surface area contributed by atoms with E-state index in [0.717, 1.165) is 26.1 Å². The van der Waals surface area contributed by atoms with E-state index in [-0.39, 0.29) is 6.03 Å². The molecule has 4 heteroatoms. The van der Waals surface area contributed by atoms with Crippen LogP contribution in [0.15, 0.2) is 0 Å². The molecule has 0 aromatic heterocycles. The van der Waals surface area contributed by atoms with Gasteiger partial charge in [0.05, 0.1) is 0 Å². The van der Waals surface area contributed by atoms with Crippen molar-refractivity contribution in [1.29, 1.82) is 0 Å². The predicted molar refractivity (Wildman–Crippen MR) is 68.8 cm³/mol. The summed E-state index contributed by atoms with van der Waals surface area (Å²) in [5.41, 5.74) is 0. The fraction of sp³-hybridized carbons (Fsp3) is 0.917. The van der Waals surface area contributed by atoms with Crippen molar-refractivity contribution in [3.05, 3.63) is 0 Å². The Bertz CT molecular complexity index is 241. The van der Waals surface area contributed by atoms with Crippen molar-refractivity contribution in [3.8, 4) is 0 Å². The van der Waals surface area contributed by atoms with Crippen LogP contribution in [0.2, 0.25) is 0 Å². The highest BCUT2D eigenvalue weighted by Crippen LogP contribution is 2.22. The Balaban J connectivity index is 1.70. The molecule has 0 saturated carbocycles. The topological polar surface area (TPSA) is 32.3 Å². The number of urea groups is 1. The van der Waals surface area contributed by atoms with Crippen molar-refractivity contribution in [1.82, 2.24) is 10.2 Å². The molecular weight excluding hydrogens is 220 g/mol. The first kappa shape index (κ1) is 12.1. The summed E-state index contributed by atoms with van der Waals surface area (Å²) in [6.07, 6.45) is 3.69. The third-order valence-corrected chi connectivity index (χ3v) is 4.74. The van der Waals surface area contributed by atoms with Crippen LogP contribution >= 0.6 is 11.8 Å². The number of nitrogens with zero attached hydrogens (tertiary/aromatic N) is 1. The van der Waals surface area contributed by atoms with Crippen LogP contribution in [0.25, 0.3) is 0 Å². The van der Waals surface area contributed by atoms with Crippen molar-refractivity contribution in [2.24, 2.45) is 11.8 Å². The number of amides is 2. The van der Waals surface area contributed by atoms with Gasteiger partial charge >= 0.3 is 6.03 Å². The molecule has 2 amide bonds. The normalized spacial score (nSPS) is 30.4. The van der Waals surface area contributed by atoms with E-state index in [0.29, 0.717) is 11.8 Å². The molecule has 0 spiro atoms. The van der Waals surface area contributed by atoms with Gasteiger partial charge in [0.1, 0.15) is 0 Å². The van der Waals surface area contributed by atoms with Gasteiger partial charge in [0.25, 0.3) is 0 Å². The van der Waals surface area contributed by atoms with Crippen LogP contribution in [-0.4, -0.2) is 42.1 Å². The Morgan fingerprint density at radius 2 is 2.38 bits per heavy atom. The molecule has 1 N–H and O–H groups in total. The van der Waals surface area contributed by atoms with Crippen molar-refractivity contribution in [2.75, 3.05) is 31.1 Å². The summed E-state index contributed by atoms with van der Waals surface area (Å²) in [5.74, 6) is 3.86. The molecule has 2 atom stereocenters. The van der Waals surface area contributed by atoms with Crippen LogP contribution in [0, 0.1) is 11.8 Å². The lowest BCUT2D eigenvalue weighted by Crippen LogP contribution is -2.46. The molecule has 2 fully saturated rings. The molecule has 3 nitrogen and oxygen atoms in total. The zero-order chi connectivity index (χ0) is 11.4. The number of thioether (sulfide) groups is 1. The predicted octanol–water partition coefficient (Wildman–Crippen LogP) is 2.18. The van der Waals surface area contributed by atoms with Gasteiger partial charge in [-0.25, -0.2) is 4.79 Å². The average molecular weight is 242 g/mol. The fourth-order valence-corrected chi connectivity index (χ4v) is 3.75. The molecule has 2 heterocycles. The van der Waals surface area contributed by atoms with Crippen LogP contribution in [0.4, 0.5) is 4.79 Å². The second kappa shape index (κ2) is 5.80. The lowest BCUT2D eigenvalue weighted by Gasteiger charge is -2.31. The Hall–Kier alpha value is -0.380. The van der Waals surface area contributed by atoms with Gasteiger partial charge in [-0.15, -0.1) is 0 Å². The first-order valence-corrected chi connectivity index (χ1v) is 7.51. The molecule has 2 aliphatic rings. The summed E-state index contributed by atoms with van der Waals surface area (Å²) in [6, 6.07) is 0.156. The lowest BCUT2D eigenvalue weighted by molar-refractivity contribution is 0.168. The molecular formula is C12H22N2OS. The number of carbonyl (C=O) groups is 1. The van der Waals surface area contributed by atoms with E-state index in [2.05, 4.69) is 12.2 Å². The second-order valence-electron chi connectivity index (χ2n) is 5.11. The van der Waals surface area contributed by atoms with E-state index >= 15 is 0 Å². The van der Waals surface area contributed by atoms with Crippen LogP contribution in [-0.2, 0) is 0 Å². The fourth-order valence-electron chi connectivity index (χ4n) is 2.46. The third kappa shape index (κ3) is 3.30. The van der Waals surface area contributed by atoms with Crippen molar-refractivity contribution < 1.29 is 4.79 Å².